The third-order valence-corrected chi connectivity index (χ3v) is 1.95. The van der Waals surface area contributed by atoms with Crippen molar-refractivity contribution in [3.05, 3.63) is 41.6 Å². The first-order valence-corrected chi connectivity index (χ1v) is 4.88. The van der Waals surface area contributed by atoms with E-state index in [1.165, 1.54) is 24.7 Å². The van der Waals surface area contributed by atoms with E-state index in [0.29, 0.717) is 0 Å². The van der Waals surface area contributed by atoms with Crippen molar-refractivity contribution in [1.29, 1.82) is 0 Å². The number of carboxylic acid groups (broad SMARTS) is 1. The molecule has 0 aliphatic rings. The third kappa shape index (κ3) is 2.67. The zero-order valence-corrected chi connectivity index (χ0v) is 9.13. The molecule has 2 aromatic rings. The first kappa shape index (κ1) is 11.3. The maximum absolute atomic E-state index is 10.9. The number of ether oxygens (including phenoxy) is 1. The van der Waals surface area contributed by atoms with Gasteiger partial charge in [0.15, 0.2) is 16.6 Å². The smallest absolute Gasteiger partial charge is 0.358 e. The topological polar surface area (TPSA) is 85.2 Å². The number of hydrogen-bond acceptors (Lipinski definition) is 5. The summed E-state index contributed by atoms with van der Waals surface area (Å²) in [6.45, 7) is 0. The standard InChI is InChI=1S/C10H6ClN3O3/c11-7-4-12-5-8(14-7)17-6-2-1-3-13-9(6)10(15)16/h1-5H,(H,15,16). The molecule has 0 saturated heterocycles. The molecule has 0 spiro atoms. The molecule has 1 N–H and O–H groups in total. The first-order valence-electron chi connectivity index (χ1n) is 4.50. The van der Waals surface area contributed by atoms with Crippen molar-refractivity contribution in [3.63, 3.8) is 0 Å². The highest BCUT2D eigenvalue weighted by atomic mass is 35.5. The minimum absolute atomic E-state index is 0.0802. The van der Waals surface area contributed by atoms with E-state index in [4.69, 9.17) is 21.4 Å². The molecule has 0 radical (unpaired) electrons. The van der Waals surface area contributed by atoms with Crippen LogP contribution in [0.1, 0.15) is 10.5 Å². The van der Waals surface area contributed by atoms with E-state index in [0.717, 1.165) is 0 Å². The van der Waals surface area contributed by atoms with E-state index in [-0.39, 0.29) is 22.5 Å². The molecule has 0 bridgehead atoms. The normalized spacial score (nSPS) is 9.94. The molecular formula is C10H6ClN3O3. The molecule has 2 aromatic heterocycles. The highest BCUT2D eigenvalue weighted by molar-refractivity contribution is 6.29. The van der Waals surface area contributed by atoms with Crippen molar-refractivity contribution < 1.29 is 14.6 Å². The van der Waals surface area contributed by atoms with Crippen molar-refractivity contribution in [1.82, 2.24) is 15.0 Å². The molecule has 0 fully saturated rings. The SMILES string of the molecule is O=C(O)c1ncccc1Oc1cncc(Cl)n1. The molecule has 0 saturated carbocycles. The van der Waals surface area contributed by atoms with Crippen molar-refractivity contribution in [2.75, 3.05) is 0 Å². The zero-order valence-electron chi connectivity index (χ0n) is 8.37. The maximum atomic E-state index is 10.9. The minimum atomic E-state index is -1.18. The Morgan fingerprint density at radius 1 is 1.41 bits per heavy atom. The third-order valence-electron chi connectivity index (χ3n) is 1.77. The van der Waals surface area contributed by atoms with Gasteiger partial charge in [-0.25, -0.2) is 9.78 Å². The van der Waals surface area contributed by atoms with Gasteiger partial charge in [0, 0.05) is 6.20 Å². The van der Waals surface area contributed by atoms with Gasteiger partial charge in [0.1, 0.15) is 0 Å². The number of halogens is 1. The highest BCUT2D eigenvalue weighted by Gasteiger charge is 2.13. The van der Waals surface area contributed by atoms with Crippen LogP contribution in [0.2, 0.25) is 5.15 Å². The number of aromatic carboxylic acids is 1. The Bertz CT molecular complexity index is 562. The van der Waals surface area contributed by atoms with Gasteiger partial charge in [-0.05, 0) is 12.1 Å². The molecule has 86 valence electrons. The molecule has 0 unspecified atom stereocenters. The Balaban J connectivity index is 2.33. The van der Waals surface area contributed by atoms with Gasteiger partial charge in [-0.3, -0.25) is 4.98 Å². The predicted octanol–water partition coefficient (Wildman–Crippen LogP) is 2.02. The van der Waals surface area contributed by atoms with Crippen LogP contribution in [0.3, 0.4) is 0 Å². The first-order chi connectivity index (χ1) is 8.16. The molecule has 6 nitrogen and oxygen atoms in total. The van der Waals surface area contributed by atoms with Crippen LogP contribution < -0.4 is 4.74 Å². The molecule has 0 aliphatic carbocycles. The Morgan fingerprint density at radius 3 is 2.94 bits per heavy atom. The fraction of sp³-hybridized carbons (Fsp3) is 0. The Hall–Kier alpha value is -2.21. The van der Waals surface area contributed by atoms with Crippen LogP contribution >= 0.6 is 11.6 Å². The van der Waals surface area contributed by atoms with E-state index in [1.807, 2.05) is 0 Å². The van der Waals surface area contributed by atoms with Crippen LogP contribution in [-0.4, -0.2) is 26.0 Å². The molecule has 0 aromatic carbocycles. The Labute approximate surface area is 101 Å². The molecule has 0 atom stereocenters. The summed E-state index contributed by atoms with van der Waals surface area (Å²) in [6.07, 6.45) is 4.03. The van der Waals surface area contributed by atoms with E-state index in [9.17, 15) is 4.79 Å². The number of rotatable bonds is 3. The number of carbonyl (C=O) groups is 1. The second-order valence-corrected chi connectivity index (χ2v) is 3.32. The zero-order chi connectivity index (χ0) is 12.3. The lowest BCUT2D eigenvalue weighted by Crippen LogP contribution is -2.03. The Morgan fingerprint density at radius 2 is 2.24 bits per heavy atom. The summed E-state index contributed by atoms with van der Waals surface area (Å²) < 4.78 is 5.25. The summed E-state index contributed by atoms with van der Waals surface area (Å²) in [5, 5.41) is 9.05. The quantitative estimate of drug-likeness (QED) is 0.898. The number of hydrogen-bond donors (Lipinski definition) is 1. The largest absolute Gasteiger partial charge is 0.476 e. The molecule has 2 heterocycles. The minimum Gasteiger partial charge on any atom is -0.476 e. The van der Waals surface area contributed by atoms with Crippen LogP contribution in [0.15, 0.2) is 30.7 Å². The van der Waals surface area contributed by atoms with E-state index < -0.39 is 5.97 Å². The fourth-order valence-corrected chi connectivity index (χ4v) is 1.26. The average molecular weight is 252 g/mol. The van der Waals surface area contributed by atoms with Gasteiger partial charge in [-0.1, -0.05) is 11.6 Å². The number of nitrogens with zero attached hydrogens (tertiary/aromatic N) is 3. The summed E-state index contributed by atoms with van der Waals surface area (Å²) in [7, 11) is 0. The molecule has 17 heavy (non-hydrogen) atoms. The number of carboxylic acids is 1. The van der Waals surface area contributed by atoms with Crippen LogP contribution in [-0.2, 0) is 0 Å². The molecule has 0 amide bonds. The summed E-state index contributed by atoms with van der Waals surface area (Å²) in [5.41, 5.74) is -0.200. The van der Waals surface area contributed by atoms with Gasteiger partial charge in [0.2, 0.25) is 5.88 Å². The van der Waals surface area contributed by atoms with Crippen LogP contribution in [0.25, 0.3) is 0 Å². The fourth-order valence-electron chi connectivity index (χ4n) is 1.12. The summed E-state index contributed by atoms with van der Waals surface area (Å²) in [5.74, 6) is -1.000. The van der Waals surface area contributed by atoms with Gasteiger partial charge in [0.25, 0.3) is 0 Å². The van der Waals surface area contributed by atoms with Crippen LogP contribution in [0.4, 0.5) is 0 Å². The average Bonchev–Trinajstić information content (AvgIpc) is 2.29. The number of pyridine rings is 1. The second-order valence-electron chi connectivity index (χ2n) is 2.94. The van der Waals surface area contributed by atoms with E-state index in [2.05, 4.69) is 15.0 Å². The van der Waals surface area contributed by atoms with Gasteiger partial charge >= 0.3 is 5.97 Å². The monoisotopic (exact) mass is 251 g/mol. The van der Waals surface area contributed by atoms with Gasteiger partial charge in [-0.2, -0.15) is 4.98 Å². The van der Waals surface area contributed by atoms with Crippen molar-refractivity contribution in [2.24, 2.45) is 0 Å². The molecule has 7 heteroatoms. The van der Waals surface area contributed by atoms with Crippen LogP contribution in [0.5, 0.6) is 11.6 Å². The summed E-state index contributed by atoms with van der Waals surface area (Å²) >= 11 is 5.63. The molecular weight excluding hydrogens is 246 g/mol. The van der Waals surface area contributed by atoms with Crippen molar-refractivity contribution in [2.45, 2.75) is 0 Å². The van der Waals surface area contributed by atoms with Gasteiger partial charge < -0.3 is 9.84 Å². The van der Waals surface area contributed by atoms with Crippen molar-refractivity contribution >= 4 is 17.6 Å². The van der Waals surface area contributed by atoms with Crippen LogP contribution in [0, 0.1) is 0 Å². The highest BCUT2D eigenvalue weighted by Crippen LogP contribution is 2.22. The van der Waals surface area contributed by atoms with E-state index >= 15 is 0 Å². The second kappa shape index (κ2) is 4.75. The van der Waals surface area contributed by atoms with E-state index in [1.54, 1.807) is 6.07 Å². The predicted molar refractivity (Wildman–Crippen MR) is 58.3 cm³/mol. The lowest BCUT2D eigenvalue weighted by atomic mass is 10.3. The lowest BCUT2D eigenvalue weighted by molar-refractivity contribution is 0.0687. The van der Waals surface area contributed by atoms with Gasteiger partial charge in [-0.15, -0.1) is 0 Å². The van der Waals surface area contributed by atoms with Crippen molar-refractivity contribution in [3.8, 4) is 11.6 Å². The molecule has 2 rings (SSSR count). The number of aromatic nitrogens is 3. The Kier molecular flexibility index (Phi) is 3.15. The maximum Gasteiger partial charge on any atom is 0.358 e. The summed E-state index contributed by atoms with van der Waals surface area (Å²) in [6, 6.07) is 3.03. The molecule has 0 aliphatic heterocycles. The van der Waals surface area contributed by atoms with Gasteiger partial charge in [0.05, 0.1) is 12.4 Å². The summed E-state index contributed by atoms with van der Waals surface area (Å²) in [4.78, 5) is 22.2. The lowest BCUT2D eigenvalue weighted by Gasteiger charge is -2.05.